The molecule has 0 aliphatic heterocycles. The van der Waals surface area contributed by atoms with Gasteiger partial charge in [0.25, 0.3) is 0 Å². The largest absolute Gasteiger partial charge is 0.530 e. The van der Waals surface area contributed by atoms with Crippen molar-refractivity contribution in [1.82, 2.24) is 0 Å². The summed E-state index contributed by atoms with van der Waals surface area (Å²) in [6.07, 6.45) is 3.72. The molecular weight excluding hydrogens is 855 g/mol. The molecule has 0 aliphatic carbocycles. The van der Waals surface area contributed by atoms with Gasteiger partial charge in [0.05, 0.1) is 37.7 Å². The third kappa shape index (κ3) is 12.4. The van der Waals surface area contributed by atoms with E-state index in [1.54, 1.807) is 58.8 Å². The van der Waals surface area contributed by atoms with Crippen LogP contribution < -0.4 is 36.8 Å². The van der Waals surface area contributed by atoms with E-state index in [-0.39, 0.29) is 0 Å². The van der Waals surface area contributed by atoms with E-state index in [0.29, 0.717) is 64.8 Å². The molecule has 0 fully saturated rings. The Morgan fingerprint density at radius 3 is 1.24 bits per heavy atom. The number of fused-ring (bicyclic) bond motifs is 2. The zero-order chi connectivity index (χ0) is 44.4. The molecule has 0 aromatic heterocycles. The predicted octanol–water partition coefficient (Wildman–Crippen LogP) is 14.5. The Balaban J connectivity index is 0.00000158. The maximum Gasteiger partial charge on any atom is 0.530 e. The lowest BCUT2D eigenvalue weighted by molar-refractivity contribution is 0.189. The smallest absolute Gasteiger partial charge is 0.493 e. The number of ether oxygens (including phenoxy) is 4. The second-order valence-electron chi connectivity index (χ2n) is 13.0. The molecule has 0 spiro atoms. The Kier molecular flexibility index (Phi) is 17.4. The molecule has 1 atom stereocenters. The number of hydrogen-bond donors (Lipinski definition) is 0. The van der Waals surface area contributed by atoms with Crippen molar-refractivity contribution in [1.29, 1.82) is 0 Å². The van der Waals surface area contributed by atoms with Gasteiger partial charge in [0, 0.05) is 13.5 Å². The third-order valence-electron chi connectivity index (χ3n) is 8.92. The molecule has 0 N–H and O–H groups in total. The molecule has 0 aliphatic rings. The van der Waals surface area contributed by atoms with Crippen molar-refractivity contribution in [3.63, 3.8) is 0 Å². The zero-order valence-corrected chi connectivity index (χ0v) is 38.0. The van der Waals surface area contributed by atoms with Gasteiger partial charge < -0.3 is 46.1 Å². The molecule has 7 rings (SSSR count). The predicted molar refractivity (Wildman–Crippen MR) is 255 cm³/mol. The van der Waals surface area contributed by atoms with Crippen LogP contribution in [0.3, 0.4) is 0 Å². The Hall–Kier alpha value is -6.35. The topological polar surface area (TPSA) is 92.3 Å². The van der Waals surface area contributed by atoms with Crippen LogP contribution in [0.1, 0.15) is 6.42 Å². The van der Waals surface area contributed by atoms with Crippen molar-refractivity contribution in [2.45, 2.75) is 16.2 Å². The van der Waals surface area contributed by atoms with Gasteiger partial charge in [0.2, 0.25) is 0 Å². The summed E-state index contributed by atoms with van der Waals surface area (Å²) >= 11 is 1.49. The average molecular weight is 903 g/mol. The Labute approximate surface area is 375 Å². The number of rotatable bonds is 21. The van der Waals surface area contributed by atoms with Crippen molar-refractivity contribution in [2.24, 2.45) is 0 Å². The third-order valence-corrected chi connectivity index (χ3v) is 12.3. The second-order valence-corrected chi connectivity index (χ2v) is 16.0. The van der Waals surface area contributed by atoms with E-state index in [2.05, 4.69) is 44.0 Å². The van der Waals surface area contributed by atoms with E-state index in [4.69, 9.17) is 46.1 Å². The fraction of sp³-hybridized carbons (Fsp3) is 0.120. The summed E-state index contributed by atoms with van der Waals surface area (Å²) in [5, 5.41) is 3.89. The van der Waals surface area contributed by atoms with Crippen LogP contribution in [0.2, 0.25) is 0 Å². The fourth-order valence-corrected chi connectivity index (χ4v) is 9.29. The molecule has 7 aromatic carbocycles. The highest BCUT2D eigenvalue weighted by Crippen LogP contribution is 2.54. The number of para-hydroxylation sites is 6. The standard InChI is InChI=1S/C46H42O10P2S.C4H6/c1-32(30-31-47-2)51-57(52-40-23-13-10-20-37(40)48-3)55-43-28-26-33-16-6-8-18-35(33)45(43)59-46-36-19-9-7-17-34(36)27-29-44(46)56-58(53-41-24-14-11-21-38(41)49-4)54-42-25-15-12-22-39(42)50-5;1-3-4-2/h6-29H,1,30-31H2,2-5H3;3-4H,1-2H2. The second kappa shape index (κ2) is 23.8. The molecule has 10 nitrogen and oxygen atoms in total. The molecular formula is C50H48O10P2S. The van der Waals surface area contributed by atoms with E-state index in [1.165, 1.54) is 11.8 Å². The molecule has 0 heterocycles. The van der Waals surface area contributed by atoms with Gasteiger partial charge in [-0.05, 0) is 70.1 Å². The molecule has 0 radical (unpaired) electrons. The summed E-state index contributed by atoms with van der Waals surface area (Å²) < 4.78 is 61.4. The average Bonchev–Trinajstić information content (AvgIpc) is 3.32. The molecule has 13 heteroatoms. The van der Waals surface area contributed by atoms with Crippen LogP contribution in [0.5, 0.6) is 46.0 Å². The van der Waals surface area contributed by atoms with Gasteiger partial charge in [0.1, 0.15) is 17.3 Å². The minimum absolute atomic E-state index is 0.418. The van der Waals surface area contributed by atoms with Gasteiger partial charge in [-0.3, -0.25) is 0 Å². The van der Waals surface area contributed by atoms with E-state index < -0.39 is 17.2 Å². The van der Waals surface area contributed by atoms with Gasteiger partial charge >= 0.3 is 17.2 Å². The Bertz CT molecular complexity index is 2570. The lowest BCUT2D eigenvalue weighted by Gasteiger charge is -2.23. The highest BCUT2D eigenvalue weighted by atomic mass is 32.2. The van der Waals surface area contributed by atoms with Gasteiger partial charge in [-0.25, -0.2) is 0 Å². The zero-order valence-electron chi connectivity index (χ0n) is 35.4. The molecule has 1 unspecified atom stereocenters. The first kappa shape index (κ1) is 46.2. The maximum absolute atomic E-state index is 6.83. The highest BCUT2D eigenvalue weighted by Gasteiger charge is 2.28. The van der Waals surface area contributed by atoms with E-state index >= 15 is 0 Å². The van der Waals surface area contributed by atoms with E-state index in [0.717, 1.165) is 31.3 Å². The van der Waals surface area contributed by atoms with Crippen molar-refractivity contribution in [3.8, 4) is 46.0 Å². The van der Waals surface area contributed by atoms with Crippen molar-refractivity contribution < 1.29 is 46.1 Å². The molecule has 63 heavy (non-hydrogen) atoms. The lowest BCUT2D eigenvalue weighted by Crippen LogP contribution is -2.05. The summed E-state index contributed by atoms with van der Waals surface area (Å²) in [5.41, 5.74) is 0. The monoisotopic (exact) mass is 902 g/mol. The van der Waals surface area contributed by atoms with Gasteiger partial charge in [-0.15, -0.1) is 0 Å². The molecule has 0 saturated heterocycles. The Morgan fingerprint density at radius 2 is 0.825 bits per heavy atom. The molecule has 0 amide bonds. The van der Waals surface area contributed by atoms with Crippen molar-refractivity contribution in [2.75, 3.05) is 35.0 Å². The van der Waals surface area contributed by atoms with Crippen LogP contribution in [0, 0.1) is 0 Å². The minimum Gasteiger partial charge on any atom is -0.493 e. The fourth-order valence-electron chi connectivity index (χ4n) is 5.87. The molecule has 0 bridgehead atoms. The molecule has 7 aromatic rings. The summed E-state index contributed by atoms with van der Waals surface area (Å²) in [6, 6.07) is 46.1. The number of methoxy groups -OCH3 is 4. The summed E-state index contributed by atoms with van der Waals surface area (Å²) in [4.78, 5) is 1.59. The highest BCUT2D eigenvalue weighted by molar-refractivity contribution is 8.00. The van der Waals surface area contributed by atoms with Gasteiger partial charge in [-0.2, -0.15) is 0 Å². The van der Waals surface area contributed by atoms with E-state index in [1.807, 2.05) is 103 Å². The minimum atomic E-state index is -2.16. The number of benzene rings is 7. The van der Waals surface area contributed by atoms with Crippen molar-refractivity contribution >= 4 is 50.5 Å². The van der Waals surface area contributed by atoms with Crippen LogP contribution >= 0.6 is 29.0 Å². The van der Waals surface area contributed by atoms with Crippen LogP contribution in [0.25, 0.3) is 21.5 Å². The van der Waals surface area contributed by atoms with Crippen LogP contribution in [0.4, 0.5) is 0 Å². The first-order chi connectivity index (χ1) is 30.9. The maximum atomic E-state index is 6.83. The summed E-state index contributed by atoms with van der Waals surface area (Å²) in [5.74, 6) is 4.42. The number of allylic oxidation sites excluding steroid dienone is 2. The van der Waals surface area contributed by atoms with Gasteiger partial charge in [-0.1, -0.05) is 141 Å². The molecule has 0 saturated carbocycles. The Morgan fingerprint density at radius 1 is 0.460 bits per heavy atom. The first-order valence-corrected chi connectivity index (χ1v) is 22.6. The van der Waals surface area contributed by atoms with E-state index in [9.17, 15) is 0 Å². The summed E-state index contributed by atoms with van der Waals surface area (Å²) in [7, 11) is 2.12. The van der Waals surface area contributed by atoms with Gasteiger partial charge in [0.15, 0.2) is 34.5 Å². The SMILES string of the molecule is C=C(CCOC)OP(Oc1ccccc1OC)Oc1ccc2ccccc2c1Sc1c(OP(Oc2ccccc2OC)Oc2ccccc2OC)ccc2ccccc12.C=CC=C. The quantitative estimate of drug-likeness (QED) is 0.0392. The number of hydrogen-bond acceptors (Lipinski definition) is 11. The van der Waals surface area contributed by atoms with Crippen LogP contribution in [-0.4, -0.2) is 35.0 Å². The summed E-state index contributed by atoms with van der Waals surface area (Å²) in [6.45, 7) is 11.3. The van der Waals surface area contributed by atoms with Crippen LogP contribution in [0.15, 0.2) is 193 Å². The molecule has 324 valence electrons. The normalized spacial score (nSPS) is 11.1. The first-order valence-electron chi connectivity index (χ1n) is 19.6. The lowest BCUT2D eigenvalue weighted by atomic mass is 10.1. The van der Waals surface area contributed by atoms with Crippen molar-refractivity contribution in [3.05, 3.63) is 183 Å². The van der Waals surface area contributed by atoms with Crippen LogP contribution in [-0.2, 0) is 9.26 Å².